The highest BCUT2D eigenvalue weighted by molar-refractivity contribution is 9.10. The summed E-state index contributed by atoms with van der Waals surface area (Å²) in [6.45, 7) is 0.527. The van der Waals surface area contributed by atoms with Crippen molar-refractivity contribution in [3.63, 3.8) is 0 Å². The summed E-state index contributed by atoms with van der Waals surface area (Å²) in [5.41, 5.74) is 0.779. The van der Waals surface area contributed by atoms with Gasteiger partial charge in [-0.05, 0) is 22.0 Å². The van der Waals surface area contributed by atoms with Crippen LogP contribution in [0.2, 0.25) is 0 Å². The van der Waals surface area contributed by atoms with Gasteiger partial charge in [-0.1, -0.05) is 18.2 Å². The maximum Gasteiger partial charge on any atom is 0.267 e. The summed E-state index contributed by atoms with van der Waals surface area (Å²) in [5, 5.41) is 3.09. The Balaban J connectivity index is 2.16. The van der Waals surface area contributed by atoms with Crippen LogP contribution >= 0.6 is 15.9 Å². The third-order valence-corrected chi connectivity index (χ3v) is 3.17. The molecule has 0 aliphatic rings. The SMILES string of the molecule is COc1ccccc1CNc1nc[nH]c(=O)c1Br. The highest BCUT2D eigenvalue weighted by atomic mass is 79.9. The van der Waals surface area contributed by atoms with Gasteiger partial charge in [-0.15, -0.1) is 0 Å². The standard InChI is InChI=1S/C12H12BrN3O2/c1-18-9-5-3-2-4-8(9)6-14-11-10(13)12(17)16-7-15-11/h2-5,7H,6H2,1H3,(H2,14,15,16,17). The summed E-state index contributed by atoms with van der Waals surface area (Å²) in [5.74, 6) is 1.30. The summed E-state index contributed by atoms with van der Waals surface area (Å²) in [6, 6.07) is 7.67. The Morgan fingerprint density at radius 3 is 3.00 bits per heavy atom. The number of para-hydroxylation sites is 1. The van der Waals surface area contributed by atoms with Crippen molar-refractivity contribution >= 4 is 21.7 Å². The normalized spacial score (nSPS) is 10.1. The molecule has 1 aromatic heterocycles. The lowest BCUT2D eigenvalue weighted by Gasteiger charge is -2.10. The lowest BCUT2D eigenvalue weighted by Crippen LogP contribution is -2.12. The van der Waals surface area contributed by atoms with Crippen LogP contribution in [0.5, 0.6) is 5.75 Å². The van der Waals surface area contributed by atoms with Gasteiger partial charge in [0.2, 0.25) is 0 Å². The fourth-order valence-corrected chi connectivity index (χ4v) is 1.89. The van der Waals surface area contributed by atoms with E-state index in [2.05, 4.69) is 31.2 Å². The van der Waals surface area contributed by atoms with Gasteiger partial charge in [-0.25, -0.2) is 4.98 Å². The second kappa shape index (κ2) is 5.68. The zero-order valence-electron chi connectivity index (χ0n) is 9.74. The second-order valence-electron chi connectivity index (χ2n) is 3.56. The molecule has 2 rings (SSSR count). The number of benzene rings is 1. The van der Waals surface area contributed by atoms with E-state index in [0.717, 1.165) is 11.3 Å². The molecule has 6 heteroatoms. The fourth-order valence-electron chi connectivity index (χ4n) is 1.53. The van der Waals surface area contributed by atoms with E-state index in [0.29, 0.717) is 16.8 Å². The first kappa shape index (κ1) is 12.6. The molecule has 0 unspecified atom stereocenters. The number of rotatable bonds is 4. The molecule has 0 atom stereocenters. The predicted molar refractivity (Wildman–Crippen MR) is 72.9 cm³/mol. The molecule has 2 aromatic rings. The second-order valence-corrected chi connectivity index (χ2v) is 4.35. The van der Waals surface area contributed by atoms with Crippen molar-refractivity contribution in [2.45, 2.75) is 6.54 Å². The Morgan fingerprint density at radius 1 is 1.44 bits per heavy atom. The molecule has 0 amide bonds. The minimum absolute atomic E-state index is 0.215. The van der Waals surface area contributed by atoms with E-state index < -0.39 is 0 Å². The fraction of sp³-hybridized carbons (Fsp3) is 0.167. The van der Waals surface area contributed by atoms with Gasteiger partial charge in [-0.3, -0.25) is 4.79 Å². The summed E-state index contributed by atoms with van der Waals surface area (Å²) < 4.78 is 5.64. The molecular weight excluding hydrogens is 298 g/mol. The van der Waals surface area contributed by atoms with Crippen LogP contribution in [-0.4, -0.2) is 17.1 Å². The number of nitrogens with one attached hydrogen (secondary N) is 2. The van der Waals surface area contributed by atoms with Crippen LogP contribution in [-0.2, 0) is 6.54 Å². The largest absolute Gasteiger partial charge is 0.496 e. The van der Waals surface area contributed by atoms with E-state index in [-0.39, 0.29) is 5.56 Å². The number of aromatic amines is 1. The monoisotopic (exact) mass is 309 g/mol. The Labute approximate surface area is 112 Å². The molecule has 0 saturated heterocycles. The van der Waals surface area contributed by atoms with E-state index in [1.807, 2.05) is 24.3 Å². The molecule has 1 heterocycles. The first-order chi connectivity index (χ1) is 8.72. The molecular formula is C12H12BrN3O2. The van der Waals surface area contributed by atoms with Crippen LogP contribution in [0.15, 0.2) is 39.9 Å². The Bertz CT molecular complexity index is 598. The van der Waals surface area contributed by atoms with Crippen LogP contribution in [0.1, 0.15) is 5.56 Å². The third kappa shape index (κ3) is 2.70. The van der Waals surface area contributed by atoms with Crippen LogP contribution in [0.4, 0.5) is 5.82 Å². The minimum Gasteiger partial charge on any atom is -0.496 e. The van der Waals surface area contributed by atoms with Gasteiger partial charge in [0.15, 0.2) is 0 Å². The van der Waals surface area contributed by atoms with Gasteiger partial charge >= 0.3 is 0 Å². The summed E-state index contributed by atoms with van der Waals surface area (Å²) in [4.78, 5) is 17.9. The third-order valence-electron chi connectivity index (χ3n) is 2.44. The number of anilines is 1. The van der Waals surface area contributed by atoms with Crippen molar-refractivity contribution in [3.05, 3.63) is 51.0 Å². The zero-order chi connectivity index (χ0) is 13.0. The van der Waals surface area contributed by atoms with Gasteiger partial charge in [0.1, 0.15) is 16.0 Å². The first-order valence-electron chi connectivity index (χ1n) is 5.31. The molecule has 5 nitrogen and oxygen atoms in total. The molecule has 1 aromatic carbocycles. The minimum atomic E-state index is -0.215. The Hall–Kier alpha value is -1.82. The van der Waals surface area contributed by atoms with Crippen molar-refractivity contribution in [1.29, 1.82) is 0 Å². The number of H-pyrrole nitrogens is 1. The number of hydrogen-bond acceptors (Lipinski definition) is 4. The Kier molecular flexibility index (Phi) is 3.99. The van der Waals surface area contributed by atoms with Crippen LogP contribution in [0.25, 0.3) is 0 Å². The highest BCUT2D eigenvalue weighted by Crippen LogP contribution is 2.20. The van der Waals surface area contributed by atoms with Crippen molar-refractivity contribution in [3.8, 4) is 5.75 Å². The van der Waals surface area contributed by atoms with Gasteiger partial charge in [0, 0.05) is 12.1 Å². The predicted octanol–water partition coefficient (Wildman–Crippen LogP) is 2.15. The molecule has 0 aliphatic heterocycles. The molecule has 0 fully saturated rings. The average molecular weight is 310 g/mol. The lowest BCUT2D eigenvalue weighted by molar-refractivity contribution is 0.410. The molecule has 94 valence electrons. The summed E-state index contributed by atoms with van der Waals surface area (Å²) in [7, 11) is 1.63. The van der Waals surface area contributed by atoms with Gasteiger partial charge in [0.25, 0.3) is 5.56 Å². The molecule has 0 bridgehead atoms. The molecule has 2 N–H and O–H groups in total. The number of methoxy groups -OCH3 is 1. The molecule has 0 spiro atoms. The zero-order valence-corrected chi connectivity index (χ0v) is 11.3. The quantitative estimate of drug-likeness (QED) is 0.908. The first-order valence-corrected chi connectivity index (χ1v) is 6.10. The lowest BCUT2D eigenvalue weighted by atomic mass is 10.2. The number of ether oxygens (including phenoxy) is 1. The number of aromatic nitrogens is 2. The van der Waals surface area contributed by atoms with Crippen molar-refractivity contribution < 1.29 is 4.74 Å². The van der Waals surface area contributed by atoms with E-state index in [9.17, 15) is 4.79 Å². The van der Waals surface area contributed by atoms with Gasteiger partial charge in [0.05, 0.1) is 13.4 Å². The summed E-state index contributed by atoms with van der Waals surface area (Å²) >= 11 is 3.19. The van der Waals surface area contributed by atoms with E-state index in [1.54, 1.807) is 7.11 Å². The molecule has 0 radical (unpaired) electrons. The van der Waals surface area contributed by atoms with E-state index in [4.69, 9.17) is 4.74 Å². The number of nitrogens with zero attached hydrogens (tertiary/aromatic N) is 1. The van der Waals surface area contributed by atoms with Crippen molar-refractivity contribution in [1.82, 2.24) is 9.97 Å². The van der Waals surface area contributed by atoms with Gasteiger partial charge < -0.3 is 15.0 Å². The topological polar surface area (TPSA) is 67.0 Å². The average Bonchev–Trinajstić information content (AvgIpc) is 2.41. The number of hydrogen-bond donors (Lipinski definition) is 2. The summed E-state index contributed by atoms with van der Waals surface area (Å²) in [6.07, 6.45) is 1.36. The maximum atomic E-state index is 11.4. The van der Waals surface area contributed by atoms with Crippen molar-refractivity contribution in [2.24, 2.45) is 0 Å². The molecule has 0 aliphatic carbocycles. The van der Waals surface area contributed by atoms with E-state index >= 15 is 0 Å². The smallest absolute Gasteiger partial charge is 0.267 e. The molecule has 18 heavy (non-hydrogen) atoms. The Morgan fingerprint density at radius 2 is 2.22 bits per heavy atom. The molecule has 0 saturated carbocycles. The number of halogens is 1. The van der Waals surface area contributed by atoms with Gasteiger partial charge in [-0.2, -0.15) is 0 Å². The van der Waals surface area contributed by atoms with Crippen molar-refractivity contribution in [2.75, 3.05) is 12.4 Å². The van der Waals surface area contributed by atoms with E-state index in [1.165, 1.54) is 6.33 Å². The van der Waals surface area contributed by atoms with Crippen LogP contribution < -0.4 is 15.6 Å². The maximum absolute atomic E-state index is 11.4. The van der Waals surface area contributed by atoms with Crippen LogP contribution in [0, 0.1) is 0 Å². The van der Waals surface area contributed by atoms with Crippen LogP contribution in [0.3, 0.4) is 0 Å². The highest BCUT2D eigenvalue weighted by Gasteiger charge is 2.06.